The molecule has 18 heavy (non-hydrogen) atoms. The van der Waals surface area contributed by atoms with Crippen LogP contribution in [0.25, 0.3) is 0 Å². The van der Waals surface area contributed by atoms with Crippen molar-refractivity contribution >= 4 is 5.91 Å². The zero-order valence-electron chi connectivity index (χ0n) is 12.3. The Morgan fingerprint density at radius 2 is 1.83 bits per heavy atom. The number of carbonyl (C=O) groups excluding carboxylic acids is 1. The van der Waals surface area contributed by atoms with Crippen LogP contribution in [0.15, 0.2) is 0 Å². The summed E-state index contributed by atoms with van der Waals surface area (Å²) in [5.41, 5.74) is 5.95. The van der Waals surface area contributed by atoms with Crippen molar-refractivity contribution in [3.8, 4) is 0 Å². The van der Waals surface area contributed by atoms with E-state index in [0.29, 0.717) is 32.1 Å². The van der Waals surface area contributed by atoms with Gasteiger partial charge in [0, 0.05) is 33.2 Å². The lowest BCUT2D eigenvalue weighted by Gasteiger charge is -2.30. The minimum atomic E-state index is -0.0997. The van der Waals surface area contributed by atoms with E-state index in [0.717, 1.165) is 0 Å². The third-order valence-corrected chi connectivity index (χ3v) is 3.06. The highest BCUT2D eigenvalue weighted by Crippen LogP contribution is 2.09. The Morgan fingerprint density at radius 3 is 2.28 bits per heavy atom. The summed E-state index contributed by atoms with van der Waals surface area (Å²) in [7, 11) is 3.26. The van der Waals surface area contributed by atoms with Gasteiger partial charge in [-0.15, -0.1) is 0 Å². The molecule has 2 atom stereocenters. The van der Waals surface area contributed by atoms with Gasteiger partial charge in [0.25, 0.3) is 0 Å². The number of amides is 1. The number of nitrogens with two attached hydrogens (primary N) is 1. The first kappa shape index (κ1) is 17.4. The second-order valence-electron chi connectivity index (χ2n) is 5.00. The highest BCUT2D eigenvalue weighted by atomic mass is 16.5. The molecule has 0 bridgehead atoms. The molecule has 0 aromatic heterocycles. The lowest BCUT2D eigenvalue weighted by molar-refractivity contribution is -0.135. The van der Waals surface area contributed by atoms with Crippen molar-refractivity contribution in [2.75, 3.05) is 34.0 Å². The summed E-state index contributed by atoms with van der Waals surface area (Å²) in [6, 6.07) is -0.0608. The summed E-state index contributed by atoms with van der Waals surface area (Å²) in [5.74, 6) is 0.369. The van der Waals surface area contributed by atoms with Gasteiger partial charge in [0.05, 0.1) is 19.3 Å². The minimum absolute atomic E-state index is 0.0389. The van der Waals surface area contributed by atoms with Crippen LogP contribution in [0.3, 0.4) is 0 Å². The second-order valence-corrected chi connectivity index (χ2v) is 5.00. The van der Waals surface area contributed by atoms with Crippen molar-refractivity contribution in [2.24, 2.45) is 11.7 Å². The number of hydrogen-bond donors (Lipinski definition) is 1. The Morgan fingerprint density at radius 1 is 1.22 bits per heavy atom. The summed E-state index contributed by atoms with van der Waals surface area (Å²) in [6.45, 7) is 7.64. The lowest BCUT2D eigenvalue weighted by Crippen LogP contribution is -2.45. The molecule has 1 amide bonds. The van der Waals surface area contributed by atoms with Crippen molar-refractivity contribution in [3.63, 3.8) is 0 Å². The molecule has 2 N–H and O–H groups in total. The van der Waals surface area contributed by atoms with Crippen molar-refractivity contribution in [3.05, 3.63) is 0 Å². The van der Waals surface area contributed by atoms with Gasteiger partial charge >= 0.3 is 0 Å². The third-order valence-electron chi connectivity index (χ3n) is 3.06. The van der Waals surface area contributed by atoms with E-state index < -0.39 is 0 Å². The van der Waals surface area contributed by atoms with Gasteiger partial charge in [-0.2, -0.15) is 0 Å². The predicted molar refractivity (Wildman–Crippen MR) is 72.4 cm³/mol. The van der Waals surface area contributed by atoms with Crippen LogP contribution < -0.4 is 5.73 Å². The number of nitrogens with zero attached hydrogens (tertiary/aromatic N) is 1. The van der Waals surface area contributed by atoms with Crippen LogP contribution in [0.5, 0.6) is 0 Å². The molecule has 0 aliphatic carbocycles. The van der Waals surface area contributed by atoms with Gasteiger partial charge in [-0.3, -0.25) is 4.79 Å². The Labute approximate surface area is 111 Å². The summed E-state index contributed by atoms with van der Waals surface area (Å²) in [5, 5.41) is 0. The Kier molecular flexibility index (Phi) is 8.97. The normalized spacial score (nSPS) is 14.6. The van der Waals surface area contributed by atoms with Crippen LogP contribution in [0.4, 0.5) is 0 Å². The van der Waals surface area contributed by atoms with Crippen LogP contribution >= 0.6 is 0 Å². The summed E-state index contributed by atoms with van der Waals surface area (Å²) in [6.07, 6.45) is 0.370. The lowest BCUT2D eigenvalue weighted by atomic mass is 10.0. The molecule has 0 radical (unpaired) electrons. The van der Waals surface area contributed by atoms with Crippen molar-refractivity contribution in [1.82, 2.24) is 4.90 Å². The smallest absolute Gasteiger partial charge is 0.224 e. The molecule has 0 saturated heterocycles. The molecule has 0 aliphatic heterocycles. The van der Waals surface area contributed by atoms with Crippen LogP contribution in [-0.4, -0.2) is 56.9 Å². The number of ether oxygens (including phenoxy) is 2. The minimum Gasteiger partial charge on any atom is -0.383 e. The van der Waals surface area contributed by atoms with E-state index in [-0.39, 0.29) is 18.0 Å². The van der Waals surface area contributed by atoms with E-state index in [1.165, 1.54) is 0 Å². The number of carbonyl (C=O) groups is 1. The maximum atomic E-state index is 12.2. The molecule has 0 spiro atoms. The first-order chi connectivity index (χ1) is 8.43. The van der Waals surface area contributed by atoms with Gasteiger partial charge in [-0.05, 0) is 12.8 Å². The fourth-order valence-corrected chi connectivity index (χ4v) is 1.67. The van der Waals surface area contributed by atoms with Crippen LogP contribution in [0.2, 0.25) is 0 Å². The number of methoxy groups -OCH3 is 2. The molecule has 0 aliphatic rings. The van der Waals surface area contributed by atoms with E-state index in [1.54, 1.807) is 19.1 Å². The Hall–Kier alpha value is -0.650. The molecule has 0 rings (SSSR count). The van der Waals surface area contributed by atoms with Gasteiger partial charge < -0.3 is 20.1 Å². The first-order valence-corrected chi connectivity index (χ1v) is 6.46. The molecular formula is C13H28N2O3. The summed E-state index contributed by atoms with van der Waals surface area (Å²) in [4.78, 5) is 14.0. The highest BCUT2D eigenvalue weighted by molar-refractivity contribution is 5.77. The van der Waals surface area contributed by atoms with E-state index in [4.69, 9.17) is 15.2 Å². The second kappa shape index (κ2) is 9.30. The maximum absolute atomic E-state index is 12.2. The monoisotopic (exact) mass is 260 g/mol. The molecular weight excluding hydrogens is 232 g/mol. The van der Waals surface area contributed by atoms with Gasteiger partial charge in [-0.1, -0.05) is 13.8 Å². The fourth-order valence-electron chi connectivity index (χ4n) is 1.67. The maximum Gasteiger partial charge on any atom is 0.224 e. The van der Waals surface area contributed by atoms with E-state index in [1.807, 2.05) is 20.8 Å². The van der Waals surface area contributed by atoms with E-state index in [2.05, 4.69) is 0 Å². The van der Waals surface area contributed by atoms with Crippen LogP contribution in [0, 0.1) is 5.92 Å². The quantitative estimate of drug-likeness (QED) is 0.668. The topological polar surface area (TPSA) is 64.8 Å². The van der Waals surface area contributed by atoms with E-state index >= 15 is 0 Å². The molecule has 0 fully saturated rings. The van der Waals surface area contributed by atoms with Gasteiger partial charge in [-0.25, -0.2) is 0 Å². The SMILES string of the molecule is COCCN(C(=O)CC(N)C(C)C)C(C)COC. The third kappa shape index (κ3) is 6.33. The van der Waals surface area contributed by atoms with Gasteiger partial charge in [0.1, 0.15) is 0 Å². The molecule has 108 valence electrons. The van der Waals surface area contributed by atoms with Crippen LogP contribution in [0.1, 0.15) is 27.2 Å². The summed E-state index contributed by atoms with van der Waals surface area (Å²) < 4.78 is 10.1. The molecule has 2 unspecified atom stereocenters. The molecule has 0 aromatic rings. The standard InChI is InChI=1S/C13H28N2O3/c1-10(2)12(14)8-13(16)15(6-7-17-4)11(3)9-18-5/h10-12H,6-9,14H2,1-5H3. The molecule has 5 nitrogen and oxygen atoms in total. The first-order valence-electron chi connectivity index (χ1n) is 6.46. The largest absolute Gasteiger partial charge is 0.383 e. The molecule has 0 saturated carbocycles. The van der Waals surface area contributed by atoms with Crippen LogP contribution in [-0.2, 0) is 14.3 Å². The van der Waals surface area contributed by atoms with Crippen molar-refractivity contribution in [1.29, 1.82) is 0 Å². The van der Waals surface area contributed by atoms with Gasteiger partial charge in [0.15, 0.2) is 0 Å². The highest BCUT2D eigenvalue weighted by Gasteiger charge is 2.22. The van der Waals surface area contributed by atoms with Gasteiger partial charge in [0.2, 0.25) is 5.91 Å². The average molecular weight is 260 g/mol. The average Bonchev–Trinajstić information content (AvgIpc) is 2.29. The van der Waals surface area contributed by atoms with Crippen molar-refractivity contribution in [2.45, 2.75) is 39.3 Å². The molecule has 0 heterocycles. The molecule has 5 heteroatoms. The predicted octanol–water partition coefficient (Wildman–Crippen LogP) is 0.870. The van der Waals surface area contributed by atoms with Crippen molar-refractivity contribution < 1.29 is 14.3 Å². The number of rotatable bonds is 9. The molecule has 0 aromatic carbocycles. The zero-order valence-corrected chi connectivity index (χ0v) is 12.3. The van der Waals surface area contributed by atoms with E-state index in [9.17, 15) is 4.79 Å². The summed E-state index contributed by atoms with van der Waals surface area (Å²) >= 11 is 0. The fraction of sp³-hybridized carbons (Fsp3) is 0.923. The Balaban J connectivity index is 4.48. The zero-order chi connectivity index (χ0) is 14.1. The Bertz CT molecular complexity index is 234. The number of hydrogen-bond acceptors (Lipinski definition) is 4.